The van der Waals surface area contributed by atoms with Crippen LogP contribution in [0.5, 0.6) is 0 Å². The molecule has 36 heavy (non-hydrogen) atoms. The Morgan fingerprint density at radius 2 is 1.86 bits per heavy atom. The summed E-state index contributed by atoms with van der Waals surface area (Å²) >= 11 is 6.51. The van der Waals surface area contributed by atoms with Crippen molar-refractivity contribution in [3.05, 3.63) is 94.3 Å². The van der Waals surface area contributed by atoms with Crippen molar-refractivity contribution >= 4 is 52.2 Å². The summed E-state index contributed by atoms with van der Waals surface area (Å²) in [5, 5.41) is 9.40. The largest absolute Gasteiger partial charge is 0.423 e. The van der Waals surface area contributed by atoms with E-state index in [1.807, 2.05) is 42.5 Å². The molecule has 2 aromatic heterocycles. The molecular weight excluding hydrogens is 480 g/mol. The number of fused-ring (bicyclic) bond motifs is 1. The highest BCUT2D eigenvalue weighted by molar-refractivity contribution is 6.31. The molecule has 1 atom stereocenters. The van der Waals surface area contributed by atoms with Crippen molar-refractivity contribution in [2.45, 2.75) is 19.9 Å². The van der Waals surface area contributed by atoms with Crippen LogP contribution in [0.1, 0.15) is 35.8 Å². The Balaban J connectivity index is 1.48. The molecule has 3 N–H and O–H groups in total. The third-order valence-corrected chi connectivity index (χ3v) is 5.96. The van der Waals surface area contributed by atoms with Crippen LogP contribution in [0.25, 0.3) is 11.1 Å². The van der Waals surface area contributed by atoms with Gasteiger partial charge in [-0.3, -0.25) is 14.9 Å². The van der Waals surface area contributed by atoms with Crippen LogP contribution in [-0.4, -0.2) is 27.6 Å². The second kappa shape index (κ2) is 9.63. The van der Waals surface area contributed by atoms with Gasteiger partial charge in [-0.15, -0.1) is 0 Å². The summed E-state index contributed by atoms with van der Waals surface area (Å²) in [7, 11) is 0. The predicted molar refractivity (Wildman–Crippen MR) is 138 cm³/mol. The van der Waals surface area contributed by atoms with Gasteiger partial charge in [-0.2, -0.15) is 4.98 Å². The molecule has 1 aliphatic rings. The Morgan fingerprint density at radius 1 is 1.08 bits per heavy atom. The number of aliphatic imine (C=N–C) groups is 1. The maximum atomic E-state index is 13.4. The number of amides is 1. The van der Waals surface area contributed by atoms with Crippen LogP contribution in [0.3, 0.4) is 0 Å². The van der Waals surface area contributed by atoms with Gasteiger partial charge in [0.15, 0.2) is 11.4 Å². The molecule has 180 valence electrons. The zero-order valence-electron chi connectivity index (χ0n) is 19.4. The molecule has 1 unspecified atom stereocenters. The van der Waals surface area contributed by atoms with Gasteiger partial charge in [0.1, 0.15) is 17.4 Å². The van der Waals surface area contributed by atoms with Crippen molar-refractivity contribution in [3.63, 3.8) is 0 Å². The number of guanidine groups is 1. The molecule has 9 nitrogen and oxygen atoms in total. The van der Waals surface area contributed by atoms with Crippen molar-refractivity contribution in [1.82, 2.24) is 15.3 Å². The van der Waals surface area contributed by atoms with E-state index in [1.54, 1.807) is 19.1 Å². The van der Waals surface area contributed by atoms with Crippen molar-refractivity contribution in [1.29, 1.82) is 0 Å². The van der Waals surface area contributed by atoms with Gasteiger partial charge in [0, 0.05) is 28.0 Å². The molecule has 0 aliphatic carbocycles. The lowest BCUT2D eigenvalue weighted by Gasteiger charge is -2.26. The number of para-hydroxylation sites is 2. The van der Waals surface area contributed by atoms with E-state index in [0.29, 0.717) is 44.5 Å². The average molecular weight is 501 g/mol. The number of ketones is 1. The van der Waals surface area contributed by atoms with Gasteiger partial charge in [-0.1, -0.05) is 41.9 Å². The Hall–Kier alpha value is -4.50. The summed E-state index contributed by atoms with van der Waals surface area (Å²) in [6, 6.07) is 17.2. The fourth-order valence-corrected chi connectivity index (χ4v) is 4.12. The topological polar surface area (TPSA) is 122 Å². The number of allylic oxidation sites excluding steroid dienone is 1. The number of benzene rings is 2. The van der Waals surface area contributed by atoms with Crippen molar-refractivity contribution in [2.75, 3.05) is 10.6 Å². The minimum atomic E-state index is -0.734. The van der Waals surface area contributed by atoms with Crippen LogP contribution in [0, 0.1) is 0 Å². The summed E-state index contributed by atoms with van der Waals surface area (Å²) in [5.74, 6) is 0.0429. The Bertz CT molecular complexity index is 1530. The summed E-state index contributed by atoms with van der Waals surface area (Å²) in [6.07, 6.45) is 1.47. The van der Waals surface area contributed by atoms with Gasteiger partial charge in [-0.25, -0.2) is 9.98 Å². The Kier molecular flexibility index (Phi) is 6.22. The van der Waals surface area contributed by atoms with E-state index in [9.17, 15) is 9.59 Å². The summed E-state index contributed by atoms with van der Waals surface area (Å²) in [6.45, 7) is 3.22. The SMILES string of the molecule is CC(=O)c1ccnc(NC(=O)C2=C(C)NC(Nc3nc4ccccc4o3)=NC2c2ccccc2Cl)c1. The number of nitrogens with one attached hydrogen (secondary N) is 3. The number of hydrogen-bond acceptors (Lipinski definition) is 8. The number of pyridine rings is 1. The number of anilines is 2. The third kappa shape index (κ3) is 4.69. The van der Waals surface area contributed by atoms with E-state index >= 15 is 0 Å². The Labute approximate surface area is 211 Å². The van der Waals surface area contributed by atoms with Gasteiger partial charge in [0.05, 0.1) is 5.57 Å². The van der Waals surface area contributed by atoms with E-state index in [1.165, 1.54) is 19.2 Å². The van der Waals surface area contributed by atoms with E-state index in [2.05, 4.69) is 25.9 Å². The first-order chi connectivity index (χ1) is 17.4. The number of halogens is 1. The number of Topliss-reactive ketones (excluding diaryl/α,β-unsaturated/α-hetero) is 1. The zero-order valence-corrected chi connectivity index (χ0v) is 20.1. The van der Waals surface area contributed by atoms with Gasteiger partial charge < -0.3 is 15.1 Å². The van der Waals surface area contributed by atoms with E-state index in [0.717, 1.165) is 0 Å². The fraction of sp³-hybridized carbons (Fsp3) is 0.115. The maximum absolute atomic E-state index is 13.4. The van der Waals surface area contributed by atoms with Crippen LogP contribution >= 0.6 is 11.6 Å². The molecule has 0 radical (unpaired) electrons. The lowest BCUT2D eigenvalue weighted by Crippen LogP contribution is -2.37. The highest BCUT2D eigenvalue weighted by Gasteiger charge is 2.31. The molecule has 1 aliphatic heterocycles. The number of rotatable bonds is 5. The van der Waals surface area contributed by atoms with E-state index in [4.69, 9.17) is 21.0 Å². The number of oxazole rings is 1. The first kappa shape index (κ1) is 23.3. The van der Waals surface area contributed by atoms with Gasteiger partial charge in [0.25, 0.3) is 5.91 Å². The first-order valence-corrected chi connectivity index (χ1v) is 11.5. The van der Waals surface area contributed by atoms with Gasteiger partial charge in [0.2, 0.25) is 5.96 Å². The fourth-order valence-electron chi connectivity index (χ4n) is 3.88. The van der Waals surface area contributed by atoms with Crippen LogP contribution in [0.15, 0.2) is 87.5 Å². The molecule has 0 saturated carbocycles. The Morgan fingerprint density at radius 3 is 2.64 bits per heavy atom. The van der Waals surface area contributed by atoms with Crippen LogP contribution in [-0.2, 0) is 4.79 Å². The minimum absolute atomic E-state index is 0.129. The molecule has 2 aromatic carbocycles. The maximum Gasteiger partial charge on any atom is 0.302 e. The highest BCUT2D eigenvalue weighted by atomic mass is 35.5. The molecule has 4 aromatic rings. The number of nitrogens with zero attached hydrogens (tertiary/aromatic N) is 3. The minimum Gasteiger partial charge on any atom is -0.423 e. The molecule has 1 amide bonds. The first-order valence-electron chi connectivity index (χ1n) is 11.1. The second-order valence-corrected chi connectivity index (χ2v) is 8.52. The van der Waals surface area contributed by atoms with Gasteiger partial charge in [-0.05, 0) is 44.2 Å². The normalized spacial score (nSPS) is 15.3. The van der Waals surface area contributed by atoms with E-state index in [-0.39, 0.29) is 17.6 Å². The molecule has 0 fully saturated rings. The summed E-state index contributed by atoms with van der Waals surface area (Å²) in [4.78, 5) is 38.5. The molecule has 3 heterocycles. The summed E-state index contributed by atoms with van der Waals surface area (Å²) < 4.78 is 5.75. The molecule has 0 bridgehead atoms. The smallest absolute Gasteiger partial charge is 0.302 e. The van der Waals surface area contributed by atoms with Crippen LogP contribution < -0.4 is 16.0 Å². The molecule has 0 saturated heterocycles. The quantitative estimate of drug-likeness (QED) is 0.326. The van der Waals surface area contributed by atoms with Crippen molar-refractivity contribution in [3.8, 4) is 0 Å². The van der Waals surface area contributed by atoms with Crippen LogP contribution in [0.2, 0.25) is 5.02 Å². The van der Waals surface area contributed by atoms with Crippen LogP contribution in [0.4, 0.5) is 11.8 Å². The number of carbonyl (C=O) groups excluding carboxylic acids is 2. The van der Waals surface area contributed by atoms with Gasteiger partial charge >= 0.3 is 6.01 Å². The lowest BCUT2D eigenvalue weighted by molar-refractivity contribution is -0.113. The summed E-state index contributed by atoms with van der Waals surface area (Å²) in [5.41, 5.74) is 3.32. The monoisotopic (exact) mass is 500 g/mol. The number of carbonyl (C=O) groups is 2. The molecule has 5 rings (SSSR count). The van der Waals surface area contributed by atoms with Crippen molar-refractivity contribution in [2.24, 2.45) is 4.99 Å². The lowest BCUT2D eigenvalue weighted by atomic mass is 9.95. The standard InChI is InChI=1S/C26H21ClN6O3/c1-14-22(24(35)31-21-13-16(15(2)34)11-12-28-21)23(17-7-3-4-8-18(17)27)32-25(29-14)33-26-30-19-9-5-6-10-20(19)36-26/h3-13,23H,1-2H3,(H,28,31,35)(H2,29,30,32,33). The zero-order chi connectivity index (χ0) is 25.2. The van der Waals surface area contributed by atoms with E-state index < -0.39 is 11.9 Å². The third-order valence-electron chi connectivity index (χ3n) is 5.61. The average Bonchev–Trinajstić information content (AvgIpc) is 3.26. The number of aromatic nitrogens is 2. The van der Waals surface area contributed by atoms with Crippen molar-refractivity contribution < 1.29 is 14.0 Å². The predicted octanol–water partition coefficient (Wildman–Crippen LogP) is 5.10. The number of hydrogen-bond donors (Lipinski definition) is 3. The molecule has 0 spiro atoms. The second-order valence-electron chi connectivity index (χ2n) is 8.12. The molecule has 10 heteroatoms. The highest BCUT2D eigenvalue weighted by Crippen LogP contribution is 2.35. The molecular formula is C26H21ClN6O3.